The molecule has 1 aromatic rings. The van der Waals surface area contributed by atoms with Crippen LogP contribution in [0.3, 0.4) is 0 Å². The van der Waals surface area contributed by atoms with Gasteiger partial charge in [-0.1, -0.05) is 30.4 Å². The molecule has 3 atom stereocenters. The van der Waals surface area contributed by atoms with Gasteiger partial charge in [-0.2, -0.15) is 0 Å². The molecule has 2 aliphatic rings. The Hall–Kier alpha value is -2.67. The van der Waals surface area contributed by atoms with Gasteiger partial charge in [-0.05, 0) is 25.0 Å². The van der Waals surface area contributed by atoms with Crippen molar-refractivity contribution in [2.24, 2.45) is 0 Å². The third kappa shape index (κ3) is 3.71. The number of nitrogens with zero attached hydrogens (tertiary/aromatic N) is 1. The zero-order valence-electron chi connectivity index (χ0n) is 13.7. The molecule has 7 nitrogen and oxygen atoms in total. The lowest BCUT2D eigenvalue weighted by Crippen LogP contribution is -2.65. The highest BCUT2D eigenvalue weighted by Crippen LogP contribution is 2.20. The minimum atomic E-state index is -1.04. The van der Waals surface area contributed by atoms with E-state index in [0.717, 1.165) is 0 Å². The molecule has 0 radical (unpaired) electrons. The summed E-state index contributed by atoms with van der Waals surface area (Å²) in [4.78, 5) is 38.4. The Labute approximate surface area is 145 Å². The van der Waals surface area contributed by atoms with Crippen molar-refractivity contribution >= 4 is 17.8 Å². The number of carboxylic acids is 1. The van der Waals surface area contributed by atoms with Gasteiger partial charge in [0.05, 0.1) is 0 Å². The second-order valence-electron chi connectivity index (χ2n) is 6.25. The number of fused-ring (bicyclic) bond motifs is 1. The third-order valence-corrected chi connectivity index (χ3v) is 4.57. The Balaban J connectivity index is 1.82. The zero-order chi connectivity index (χ0) is 17.8. The monoisotopic (exact) mass is 343 g/mol. The molecule has 1 fully saturated rings. The molecule has 3 unspecified atom stereocenters. The second kappa shape index (κ2) is 7.48. The molecule has 132 valence electrons. The van der Waals surface area contributed by atoms with Crippen LogP contribution in [0.4, 0.5) is 0 Å². The summed E-state index contributed by atoms with van der Waals surface area (Å²) < 4.78 is 0. The summed E-state index contributed by atoms with van der Waals surface area (Å²) in [6, 6.07) is 6.74. The summed E-state index contributed by atoms with van der Waals surface area (Å²) in [6.45, 7) is 0.750. The van der Waals surface area contributed by atoms with Gasteiger partial charge in [0.1, 0.15) is 12.1 Å². The van der Waals surface area contributed by atoms with Crippen molar-refractivity contribution in [1.29, 1.82) is 0 Å². The van der Waals surface area contributed by atoms with Crippen LogP contribution in [-0.4, -0.2) is 59.0 Å². The van der Waals surface area contributed by atoms with Crippen LogP contribution in [0.5, 0.6) is 0 Å². The predicted octanol–water partition coefficient (Wildman–Crippen LogP) is 0.389. The summed E-state index contributed by atoms with van der Waals surface area (Å²) in [5.41, 5.74) is 0.466. The molecule has 7 heteroatoms. The lowest BCUT2D eigenvalue weighted by molar-refractivity contribution is -0.155. The van der Waals surface area contributed by atoms with Gasteiger partial charge in [-0.3, -0.25) is 9.59 Å². The fourth-order valence-corrected chi connectivity index (χ4v) is 3.29. The quantitative estimate of drug-likeness (QED) is 0.690. The SMILES string of the molecule is O=C(NC1C/C=C\CC2CNCC(C(=O)O)N2C1=O)c1ccccc1. The molecule has 0 bridgehead atoms. The summed E-state index contributed by atoms with van der Waals surface area (Å²) in [6.07, 6.45) is 4.76. The minimum Gasteiger partial charge on any atom is -0.480 e. The third-order valence-electron chi connectivity index (χ3n) is 4.57. The van der Waals surface area contributed by atoms with Gasteiger partial charge >= 0.3 is 5.97 Å². The summed E-state index contributed by atoms with van der Waals surface area (Å²) in [5, 5.41) is 15.3. The molecule has 2 amide bonds. The first-order valence-corrected chi connectivity index (χ1v) is 8.34. The lowest BCUT2D eigenvalue weighted by atomic mass is 9.98. The number of nitrogens with one attached hydrogen (secondary N) is 2. The van der Waals surface area contributed by atoms with E-state index in [-0.39, 0.29) is 24.4 Å². The number of amides is 2. The Morgan fingerprint density at radius 2 is 1.84 bits per heavy atom. The molecule has 2 aliphatic heterocycles. The van der Waals surface area contributed by atoms with Crippen molar-refractivity contribution in [3.8, 4) is 0 Å². The van der Waals surface area contributed by atoms with E-state index in [1.54, 1.807) is 24.3 Å². The molecule has 0 aromatic heterocycles. The van der Waals surface area contributed by atoms with Crippen molar-refractivity contribution in [1.82, 2.24) is 15.5 Å². The first kappa shape index (κ1) is 17.2. The van der Waals surface area contributed by atoms with Crippen LogP contribution in [0.25, 0.3) is 0 Å². The summed E-state index contributed by atoms with van der Waals surface area (Å²) >= 11 is 0. The highest BCUT2D eigenvalue weighted by molar-refractivity contribution is 5.98. The van der Waals surface area contributed by atoms with Gasteiger partial charge in [0.2, 0.25) is 5.91 Å². The van der Waals surface area contributed by atoms with Gasteiger partial charge in [0, 0.05) is 24.7 Å². The van der Waals surface area contributed by atoms with E-state index in [9.17, 15) is 19.5 Å². The number of rotatable bonds is 3. The molecule has 0 aliphatic carbocycles. The molecule has 25 heavy (non-hydrogen) atoms. The highest BCUT2D eigenvalue weighted by atomic mass is 16.4. The number of aliphatic carboxylic acids is 1. The number of carboxylic acid groups (broad SMARTS) is 1. The number of hydrogen-bond donors (Lipinski definition) is 3. The first-order chi connectivity index (χ1) is 12.1. The van der Waals surface area contributed by atoms with E-state index < -0.39 is 18.1 Å². The molecule has 3 rings (SSSR count). The Morgan fingerprint density at radius 1 is 1.12 bits per heavy atom. The number of carbonyl (C=O) groups excluding carboxylic acids is 2. The fraction of sp³-hybridized carbons (Fsp3) is 0.389. The number of piperazine rings is 1. The van der Waals surface area contributed by atoms with E-state index in [2.05, 4.69) is 10.6 Å². The Morgan fingerprint density at radius 3 is 2.56 bits per heavy atom. The number of hydrogen-bond acceptors (Lipinski definition) is 4. The average Bonchev–Trinajstić information content (AvgIpc) is 2.62. The molecule has 0 saturated carbocycles. The molecule has 3 N–H and O–H groups in total. The topological polar surface area (TPSA) is 98.7 Å². The minimum absolute atomic E-state index is 0.209. The molecule has 2 heterocycles. The van der Waals surface area contributed by atoms with Crippen molar-refractivity contribution in [3.05, 3.63) is 48.0 Å². The smallest absolute Gasteiger partial charge is 0.327 e. The van der Waals surface area contributed by atoms with Gasteiger partial charge < -0.3 is 20.6 Å². The number of carbonyl (C=O) groups is 3. The first-order valence-electron chi connectivity index (χ1n) is 8.34. The maximum Gasteiger partial charge on any atom is 0.327 e. The number of benzene rings is 1. The van der Waals surface area contributed by atoms with Crippen molar-refractivity contribution < 1.29 is 19.5 Å². The maximum absolute atomic E-state index is 13.0. The van der Waals surface area contributed by atoms with Crippen LogP contribution in [-0.2, 0) is 9.59 Å². The van der Waals surface area contributed by atoms with Crippen LogP contribution in [0.1, 0.15) is 23.2 Å². The van der Waals surface area contributed by atoms with E-state index >= 15 is 0 Å². The van der Waals surface area contributed by atoms with E-state index in [0.29, 0.717) is 24.9 Å². The van der Waals surface area contributed by atoms with Gasteiger partial charge in [0.15, 0.2) is 0 Å². The van der Waals surface area contributed by atoms with Crippen LogP contribution >= 0.6 is 0 Å². The largest absolute Gasteiger partial charge is 0.480 e. The normalized spacial score (nSPS) is 27.6. The summed E-state index contributed by atoms with van der Waals surface area (Å²) in [5.74, 6) is -1.72. The Kier molecular flexibility index (Phi) is 5.14. The van der Waals surface area contributed by atoms with Crippen LogP contribution in [0, 0.1) is 0 Å². The van der Waals surface area contributed by atoms with Gasteiger partial charge in [0.25, 0.3) is 5.91 Å². The molecular weight excluding hydrogens is 322 g/mol. The standard InChI is InChI=1S/C18H21N3O4/c22-16(12-6-2-1-3-7-12)20-14-9-5-4-8-13-10-19-11-15(18(24)25)21(13)17(14)23/h1-7,13-15,19H,8-11H2,(H,20,22)(H,24,25)/b5-4-. The summed E-state index contributed by atoms with van der Waals surface area (Å²) in [7, 11) is 0. The van der Waals surface area contributed by atoms with Crippen molar-refractivity contribution in [2.45, 2.75) is 31.0 Å². The van der Waals surface area contributed by atoms with Crippen molar-refractivity contribution in [3.63, 3.8) is 0 Å². The maximum atomic E-state index is 13.0. The van der Waals surface area contributed by atoms with E-state index in [1.165, 1.54) is 4.90 Å². The second-order valence-corrected chi connectivity index (χ2v) is 6.25. The van der Waals surface area contributed by atoms with Gasteiger partial charge in [-0.15, -0.1) is 0 Å². The van der Waals surface area contributed by atoms with Crippen LogP contribution in [0.2, 0.25) is 0 Å². The zero-order valence-corrected chi connectivity index (χ0v) is 13.7. The van der Waals surface area contributed by atoms with E-state index in [1.807, 2.05) is 18.2 Å². The lowest BCUT2D eigenvalue weighted by Gasteiger charge is -2.42. The molecule has 0 spiro atoms. The highest BCUT2D eigenvalue weighted by Gasteiger charge is 2.41. The van der Waals surface area contributed by atoms with Crippen molar-refractivity contribution in [2.75, 3.05) is 13.1 Å². The predicted molar refractivity (Wildman–Crippen MR) is 91.0 cm³/mol. The van der Waals surface area contributed by atoms with Gasteiger partial charge in [-0.25, -0.2) is 4.79 Å². The van der Waals surface area contributed by atoms with E-state index in [4.69, 9.17) is 0 Å². The Bertz CT molecular complexity index is 689. The fourth-order valence-electron chi connectivity index (χ4n) is 3.29. The van der Waals surface area contributed by atoms with Crippen LogP contribution in [0.15, 0.2) is 42.5 Å². The average molecular weight is 343 g/mol. The molecule has 1 saturated heterocycles. The van der Waals surface area contributed by atoms with Crippen LogP contribution < -0.4 is 10.6 Å². The molecular formula is C18H21N3O4. The molecule has 1 aromatic carbocycles.